The smallest absolute Gasteiger partial charge is 0.301 e. The number of halogens is 3. The van der Waals surface area contributed by atoms with E-state index in [2.05, 4.69) is 26.1 Å². The zero-order chi connectivity index (χ0) is 30.1. The number of aromatic nitrogens is 2. The molecule has 1 saturated heterocycles. The van der Waals surface area contributed by atoms with E-state index < -0.39 is 17.7 Å². The first-order valence-corrected chi connectivity index (χ1v) is 15.4. The average Bonchev–Trinajstić information content (AvgIpc) is 3.55. The highest BCUT2D eigenvalue weighted by atomic mass is 79.9. The number of rotatable bonds is 8. The topological polar surface area (TPSA) is 122 Å². The first-order chi connectivity index (χ1) is 20.1. The highest BCUT2D eigenvalue weighted by Crippen LogP contribution is 2.47. The number of methoxy groups -OCH3 is 2. The number of phenolic OH excluding ortho intramolecular Hbond substituents is 1. The monoisotopic (exact) mass is 707 g/mol. The van der Waals surface area contributed by atoms with Crippen LogP contribution in [0.4, 0.5) is 5.13 Å². The van der Waals surface area contributed by atoms with Crippen LogP contribution >= 0.6 is 62.2 Å². The van der Waals surface area contributed by atoms with E-state index in [9.17, 15) is 19.8 Å². The van der Waals surface area contributed by atoms with E-state index in [1.54, 1.807) is 42.5 Å². The first-order valence-electron chi connectivity index (χ1n) is 12.0. The van der Waals surface area contributed by atoms with Crippen LogP contribution in [-0.2, 0) is 15.3 Å². The molecule has 1 aliphatic heterocycles. The lowest BCUT2D eigenvalue weighted by Crippen LogP contribution is -2.29. The summed E-state index contributed by atoms with van der Waals surface area (Å²) in [4.78, 5) is 28.2. The van der Waals surface area contributed by atoms with Gasteiger partial charge in [-0.3, -0.25) is 14.5 Å². The van der Waals surface area contributed by atoms with Crippen LogP contribution < -0.4 is 14.4 Å². The second-order valence-corrected chi connectivity index (χ2v) is 12.7. The third-order valence-electron chi connectivity index (χ3n) is 6.36. The van der Waals surface area contributed by atoms with Crippen molar-refractivity contribution in [3.05, 3.63) is 91.4 Å². The zero-order valence-electron chi connectivity index (χ0n) is 21.8. The van der Waals surface area contributed by atoms with Gasteiger partial charge in [0, 0.05) is 21.4 Å². The Morgan fingerprint density at radius 2 is 1.81 bits per heavy atom. The van der Waals surface area contributed by atoms with Gasteiger partial charge in [-0.25, -0.2) is 0 Å². The van der Waals surface area contributed by atoms with Crippen LogP contribution in [0.25, 0.3) is 5.76 Å². The number of phenols is 1. The van der Waals surface area contributed by atoms with Gasteiger partial charge in [0.2, 0.25) is 5.13 Å². The maximum atomic E-state index is 13.5. The number of thioether (sulfide) groups is 1. The van der Waals surface area contributed by atoms with Gasteiger partial charge in [0.05, 0.1) is 30.3 Å². The zero-order valence-corrected chi connectivity index (χ0v) is 26.5. The number of amides is 1. The van der Waals surface area contributed by atoms with Crippen LogP contribution in [0.2, 0.25) is 10.0 Å². The fourth-order valence-corrected chi connectivity index (χ4v) is 7.18. The number of aromatic hydroxyl groups is 1. The van der Waals surface area contributed by atoms with Crippen molar-refractivity contribution in [3.63, 3.8) is 0 Å². The number of anilines is 1. The van der Waals surface area contributed by atoms with Gasteiger partial charge in [0.25, 0.3) is 5.78 Å². The summed E-state index contributed by atoms with van der Waals surface area (Å²) in [7, 11) is 2.88. The van der Waals surface area contributed by atoms with Crippen molar-refractivity contribution >= 4 is 84.8 Å². The second-order valence-electron chi connectivity index (χ2n) is 8.83. The molecule has 2 heterocycles. The number of benzene rings is 3. The second kappa shape index (κ2) is 12.5. The Kier molecular flexibility index (Phi) is 9.00. The molecule has 1 amide bonds. The molecule has 42 heavy (non-hydrogen) atoms. The summed E-state index contributed by atoms with van der Waals surface area (Å²) in [6, 6.07) is 13.5. The van der Waals surface area contributed by atoms with Gasteiger partial charge in [0.1, 0.15) is 11.5 Å². The molecule has 0 spiro atoms. The van der Waals surface area contributed by atoms with Crippen LogP contribution in [0.15, 0.2) is 69.0 Å². The number of Topliss-reactive ketones (excluding diaryl/α,β-unsaturated/α-hetero) is 1. The first kappa shape index (κ1) is 30.2. The molecule has 9 nitrogen and oxygen atoms in total. The van der Waals surface area contributed by atoms with Crippen LogP contribution in [0.1, 0.15) is 22.7 Å². The number of aliphatic hydroxyl groups excluding tert-OH is 1. The summed E-state index contributed by atoms with van der Waals surface area (Å²) in [6.07, 6.45) is 0. The predicted octanol–water partition coefficient (Wildman–Crippen LogP) is 7.25. The minimum Gasteiger partial charge on any atom is -0.507 e. The molecule has 0 bridgehead atoms. The fraction of sp³-hybridized carbons (Fsp3) is 0.143. The van der Waals surface area contributed by atoms with Crippen molar-refractivity contribution in [1.82, 2.24) is 10.2 Å². The average molecular weight is 709 g/mol. The van der Waals surface area contributed by atoms with E-state index in [4.69, 9.17) is 32.7 Å². The molecule has 0 saturated carbocycles. The highest BCUT2D eigenvalue weighted by Gasteiger charge is 2.48. The summed E-state index contributed by atoms with van der Waals surface area (Å²) >= 11 is 18.1. The third-order valence-corrected chi connectivity index (χ3v) is 9.66. The fourth-order valence-electron chi connectivity index (χ4n) is 4.29. The quantitative estimate of drug-likeness (QED) is 0.0641. The number of ether oxygens (including phenoxy) is 2. The van der Waals surface area contributed by atoms with E-state index in [0.29, 0.717) is 37.0 Å². The lowest BCUT2D eigenvalue weighted by Gasteiger charge is -2.23. The summed E-state index contributed by atoms with van der Waals surface area (Å²) in [5, 5.41) is 31.4. The molecule has 1 atom stereocenters. The molecular weight excluding hydrogens is 689 g/mol. The molecular formula is C28H20BrCl2N3O6S2. The standard InChI is InChI=1S/C28H20BrCl2N3O6S2/c1-39-17-7-4-13(5-8-17)23(35)21-22(15-9-18(29)24(36)20(10-15)40-2)34(26(38)25(21)37)27-32-33-28(42-27)41-12-14-3-6-16(30)11-19(14)31/h3-11,22,35-36H,12H2,1-2H3/b23-21-. The van der Waals surface area contributed by atoms with E-state index in [0.717, 1.165) is 16.9 Å². The Morgan fingerprint density at radius 1 is 1.07 bits per heavy atom. The maximum Gasteiger partial charge on any atom is 0.301 e. The normalized spacial score (nSPS) is 16.2. The molecule has 0 aliphatic carbocycles. The number of ketones is 1. The summed E-state index contributed by atoms with van der Waals surface area (Å²) in [5.74, 6) is -1.24. The maximum absolute atomic E-state index is 13.5. The van der Waals surface area contributed by atoms with Crippen LogP contribution in [-0.4, -0.2) is 46.3 Å². The Morgan fingerprint density at radius 3 is 2.48 bits per heavy atom. The molecule has 1 fully saturated rings. The number of aliphatic hydroxyl groups is 1. The molecule has 14 heteroatoms. The van der Waals surface area contributed by atoms with Crippen LogP contribution in [0.3, 0.4) is 0 Å². The third kappa shape index (κ3) is 5.82. The van der Waals surface area contributed by atoms with E-state index in [1.165, 1.54) is 36.9 Å². The Hall–Kier alpha value is -3.29. The minimum atomic E-state index is -1.12. The van der Waals surface area contributed by atoms with Gasteiger partial charge in [-0.05, 0) is 75.6 Å². The van der Waals surface area contributed by atoms with Gasteiger partial charge < -0.3 is 19.7 Å². The van der Waals surface area contributed by atoms with Crippen molar-refractivity contribution in [2.24, 2.45) is 0 Å². The summed E-state index contributed by atoms with van der Waals surface area (Å²) < 4.78 is 11.3. The SMILES string of the molecule is COc1ccc(/C(O)=C2/C(=O)C(=O)N(c3nnc(SCc4ccc(Cl)cc4Cl)s3)C2c2cc(Br)c(O)c(OC)c2)cc1. The molecule has 5 rings (SSSR count). The molecule has 216 valence electrons. The van der Waals surface area contributed by atoms with Gasteiger partial charge >= 0.3 is 5.91 Å². The number of nitrogens with zero attached hydrogens (tertiary/aromatic N) is 3. The van der Waals surface area contributed by atoms with Crippen LogP contribution in [0.5, 0.6) is 17.2 Å². The highest BCUT2D eigenvalue weighted by molar-refractivity contribution is 9.10. The van der Waals surface area contributed by atoms with Crippen molar-refractivity contribution in [1.29, 1.82) is 0 Å². The van der Waals surface area contributed by atoms with Crippen molar-refractivity contribution in [2.45, 2.75) is 16.1 Å². The number of carbonyl (C=O) groups excluding carboxylic acids is 2. The Labute approximate surface area is 266 Å². The van der Waals surface area contributed by atoms with E-state index >= 15 is 0 Å². The molecule has 1 unspecified atom stereocenters. The number of hydrogen-bond acceptors (Lipinski definition) is 10. The van der Waals surface area contributed by atoms with E-state index in [-0.39, 0.29) is 32.4 Å². The van der Waals surface area contributed by atoms with E-state index in [1.807, 2.05) is 6.07 Å². The predicted molar refractivity (Wildman–Crippen MR) is 166 cm³/mol. The molecule has 4 aromatic rings. The lowest BCUT2D eigenvalue weighted by molar-refractivity contribution is -0.132. The van der Waals surface area contributed by atoms with Gasteiger partial charge in [-0.15, -0.1) is 10.2 Å². The Balaban J connectivity index is 1.58. The summed E-state index contributed by atoms with van der Waals surface area (Å²) in [5.41, 5.74) is 1.35. The molecule has 1 aromatic heterocycles. The number of hydrogen-bond donors (Lipinski definition) is 2. The minimum absolute atomic E-state index is 0.0998. The summed E-state index contributed by atoms with van der Waals surface area (Å²) in [6.45, 7) is 0. The van der Waals surface area contributed by atoms with Gasteiger partial charge in [0.15, 0.2) is 15.8 Å². The van der Waals surface area contributed by atoms with Crippen molar-refractivity contribution in [2.75, 3.05) is 19.1 Å². The number of carbonyl (C=O) groups is 2. The van der Waals surface area contributed by atoms with Crippen molar-refractivity contribution in [3.8, 4) is 17.2 Å². The molecule has 3 aromatic carbocycles. The molecule has 1 aliphatic rings. The van der Waals surface area contributed by atoms with Crippen molar-refractivity contribution < 1.29 is 29.3 Å². The largest absolute Gasteiger partial charge is 0.507 e. The molecule has 2 N–H and O–H groups in total. The van der Waals surface area contributed by atoms with Gasteiger partial charge in [-0.2, -0.15) is 0 Å². The Bertz CT molecular complexity index is 1730. The lowest BCUT2D eigenvalue weighted by atomic mass is 9.95. The molecule has 0 radical (unpaired) electrons. The van der Waals surface area contributed by atoms with Crippen LogP contribution in [0, 0.1) is 0 Å². The van der Waals surface area contributed by atoms with Gasteiger partial charge in [-0.1, -0.05) is 52.4 Å².